The van der Waals surface area contributed by atoms with Crippen LogP contribution in [0.25, 0.3) is 11.0 Å². The number of hydrogen-bond donors (Lipinski definition) is 1. The summed E-state index contributed by atoms with van der Waals surface area (Å²) in [6.45, 7) is 6.86. The molecule has 0 bridgehead atoms. The molecular formula is C17H24N2S. The Balaban J connectivity index is 2.15. The number of para-hydroxylation sites is 1. The summed E-state index contributed by atoms with van der Waals surface area (Å²) in [5, 5.41) is 0. The van der Waals surface area contributed by atoms with E-state index in [-0.39, 0.29) is 0 Å². The van der Waals surface area contributed by atoms with Crippen LogP contribution in [0.15, 0.2) is 18.2 Å². The molecule has 0 radical (unpaired) electrons. The van der Waals surface area contributed by atoms with Crippen LogP contribution in [0.5, 0.6) is 0 Å². The zero-order chi connectivity index (χ0) is 14.3. The van der Waals surface area contributed by atoms with Crippen LogP contribution in [-0.2, 0) is 0 Å². The third-order valence-electron chi connectivity index (χ3n) is 4.93. The molecule has 2 atom stereocenters. The maximum absolute atomic E-state index is 5.64. The SMILES string of the molecule is Cc1cccc2c1[nH]c(=S)n2C1CCCCC1C(C)C. The molecule has 0 amide bonds. The molecule has 1 fully saturated rings. The molecule has 0 saturated heterocycles. The summed E-state index contributed by atoms with van der Waals surface area (Å²) in [4.78, 5) is 3.43. The van der Waals surface area contributed by atoms with Gasteiger partial charge in [0.25, 0.3) is 0 Å². The lowest BCUT2D eigenvalue weighted by Crippen LogP contribution is -2.27. The minimum Gasteiger partial charge on any atom is -0.330 e. The number of aromatic nitrogens is 2. The first kappa shape index (κ1) is 13.9. The summed E-state index contributed by atoms with van der Waals surface area (Å²) in [6.07, 6.45) is 5.29. The Morgan fingerprint density at radius 2 is 2.00 bits per heavy atom. The monoisotopic (exact) mass is 288 g/mol. The topological polar surface area (TPSA) is 20.7 Å². The van der Waals surface area contributed by atoms with E-state index >= 15 is 0 Å². The van der Waals surface area contributed by atoms with Gasteiger partial charge in [0, 0.05) is 6.04 Å². The van der Waals surface area contributed by atoms with Gasteiger partial charge in [0.2, 0.25) is 0 Å². The third-order valence-corrected chi connectivity index (χ3v) is 5.23. The molecule has 1 saturated carbocycles. The molecule has 20 heavy (non-hydrogen) atoms. The lowest BCUT2D eigenvalue weighted by Gasteiger charge is -2.35. The van der Waals surface area contributed by atoms with Crippen molar-refractivity contribution in [2.24, 2.45) is 11.8 Å². The van der Waals surface area contributed by atoms with Gasteiger partial charge in [-0.05, 0) is 55.4 Å². The number of nitrogens with zero attached hydrogens (tertiary/aromatic N) is 1. The van der Waals surface area contributed by atoms with Crippen molar-refractivity contribution in [2.45, 2.75) is 52.5 Å². The molecule has 0 aliphatic heterocycles. The van der Waals surface area contributed by atoms with Crippen LogP contribution < -0.4 is 0 Å². The van der Waals surface area contributed by atoms with Gasteiger partial charge < -0.3 is 9.55 Å². The fourth-order valence-electron chi connectivity index (χ4n) is 3.86. The average molecular weight is 288 g/mol. The minimum atomic E-state index is 0.562. The molecule has 3 rings (SSSR count). The van der Waals surface area contributed by atoms with Crippen LogP contribution in [0.1, 0.15) is 51.1 Å². The zero-order valence-corrected chi connectivity index (χ0v) is 13.5. The molecule has 1 N–H and O–H groups in total. The smallest absolute Gasteiger partial charge is 0.178 e. The number of H-pyrrole nitrogens is 1. The molecule has 108 valence electrons. The number of benzene rings is 1. The number of fused-ring (bicyclic) bond motifs is 1. The van der Waals surface area contributed by atoms with Crippen molar-refractivity contribution in [2.75, 3.05) is 0 Å². The van der Waals surface area contributed by atoms with Crippen molar-refractivity contribution < 1.29 is 0 Å². The lowest BCUT2D eigenvalue weighted by atomic mass is 9.77. The van der Waals surface area contributed by atoms with Crippen molar-refractivity contribution >= 4 is 23.3 Å². The zero-order valence-electron chi connectivity index (χ0n) is 12.6. The van der Waals surface area contributed by atoms with E-state index < -0.39 is 0 Å². The van der Waals surface area contributed by atoms with Crippen LogP contribution in [0.2, 0.25) is 0 Å². The molecule has 2 nitrogen and oxygen atoms in total. The maximum Gasteiger partial charge on any atom is 0.178 e. The fourth-order valence-corrected chi connectivity index (χ4v) is 4.20. The van der Waals surface area contributed by atoms with Gasteiger partial charge >= 0.3 is 0 Å². The fraction of sp³-hybridized carbons (Fsp3) is 0.588. The Hall–Kier alpha value is -1.09. The number of aromatic amines is 1. The quantitative estimate of drug-likeness (QED) is 0.734. The second-order valence-electron chi connectivity index (χ2n) is 6.53. The third kappa shape index (κ3) is 2.22. The van der Waals surface area contributed by atoms with Crippen molar-refractivity contribution in [3.05, 3.63) is 28.5 Å². The molecule has 1 heterocycles. The van der Waals surface area contributed by atoms with Crippen molar-refractivity contribution in [3.63, 3.8) is 0 Å². The van der Waals surface area contributed by atoms with Gasteiger partial charge in [-0.3, -0.25) is 0 Å². The molecule has 2 unspecified atom stereocenters. The average Bonchev–Trinajstić information content (AvgIpc) is 2.76. The van der Waals surface area contributed by atoms with E-state index in [0.717, 1.165) is 16.6 Å². The Morgan fingerprint density at radius 3 is 2.75 bits per heavy atom. The van der Waals surface area contributed by atoms with Gasteiger partial charge in [-0.15, -0.1) is 0 Å². The Kier molecular flexibility index (Phi) is 3.72. The molecule has 1 aliphatic rings. The van der Waals surface area contributed by atoms with Crippen LogP contribution in [0, 0.1) is 23.5 Å². The summed E-state index contributed by atoms with van der Waals surface area (Å²) in [5.41, 5.74) is 3.78. The first-order valence-electron chi connectivity index (χ1n) is 7.79. The molecular weight excluding hydrogens is 264 g/mol. The van der Waals surface area contributed by atoms with Gasteiger partial charge in [0.05, 0.1) is 11.0 Å². The highest BCUT2D eigenvalue weighted by Gasteiger charge is 2.30. The number of aryl methyl sites for hydroxylation is 1. The predicted molar refractivity (Wildman–Crippen MR) is 87.7 cm³/mol. The van der Waals surface area contributed by atoms with E-state index in [2.05, 4.69) is 48.5 Å². The first-order chi connectivity index (χ1) is 9.59. The van der Waals surface area contributed by atoms with E-state index in [1.807, 2.05) is 0 Å². The van der Waals surface area contributed by atoms with Gasteiger partial charge in [0.15, 0.2) is 4.77 Å². The van der Waals surface area contributed by atoms with Crippen molar-refractivity contribution in [3.8, 4) is 0 Å². The van der Waals surface area contributed by atoms with E-state index in [1.54, 1.807) is 0 Å². The molecule has 1 aliphatic carbocycles. The van der Waals surface area contributed by atoms with Crippen LogP contribution >= 0.6 is 12.2 Å². The van der Waals surface area contributed by atoms with Gasteiger partial charge in [0.1, 0.15) is 0 Å². The molecule has 1 aromatic carbocycles. The predicted octanol–water partition coefficient (Wildman–Crippen LogP) is 5.39. The minimum absolute atomic E-state index is 0.562. The van der Waals surface area contributed by atoms with E-state index in [9.17, 15) is 0 Å². The second kappa shape index (κ2) is 5.36. The van der Waals surface area contributed by atoms with E-state index in [0.29, 0.717) is 6.04 Å². The van der Waals surface area contributed by atoms with Crippen LogP contribution in [0.4, 0.5) is 0 Å². The summed E-state index contributed by atoms with van der Waals surface area (Å²) >= 11 is 5.64. The highest BCUT2D eigenvalue weighted by molar-refractivity contribution is 7.71. The Morgan fingerprint density at radius 1 is 1.25 bits per heavy atom. The summed E-state index contributed by atoms with van der Waals surface area (Å²) in [7, 11) is 0. The highest BCUT2D eigenvalue weighted by atomic mass is 32.1. The number of nitrogens with one attached hydrogen (secondary N) is 1. The molecule has 3 heteroatoms. The van der Waals surface area contributed by atoms with Gasteiger partial charge in [-0.2, -0.15) is 0 Å². The standard InChI is InChI=1S/C17H24N2S/c1-11(2)13-8-4-5-9-14(13)19-15-10-6-7-12(3)16(15)18-17(19)20/h6-7,10-11,13-14H,4-5,8-9H2,1-3H3,(H,18,20). The first-order valence-corrected chi connectivity index (χ1v) is 8.20. The molecule has 0 spiro atoms. The van der Waals surface area contributed by atoms with Crippen molar-refractivity contribution in [1.82, 2.24) is 9.55 Å². The Bertz CT molecular complexity index is 665. The largest absolute Gasteiger partial charge is 0.330 e. The molecule has 2 aromatic rings. The number of hydrogen-bond acceptors (Lipinski definition) is 1. The van der Waals surface area contributed by atoms with E-state index in [1.165, 1.54) is 42.3 Å². The summed E-state index contributed by atoms with van der Waals surface area (Å²) in [6, 6.07) is 7.07. The van der Waals surface area contributed by atoms with Gasteiger partial charge in [-0.1, -0.05) is 38.8 Å². The summed E-state index contributed by atoms with van der Waals surface area (Å²) < 4.78 is 3.30. The maximum atomic E-state index is 5.64. The van der Waals surface area contributed by atoms with Crippen LogP contribution in [-0.4, -0.2) is 9.55 Å². The highest BCUT2D eigenvalue weighted by Crippen LogP contribution is 2.40. The number of imidazole rings is 1. The number of rotatable bonds is 2. The normalized spacial score (nSPS) is 23.6. The molecule has 1 aromatic heterocycles. The lowest BCUT2D eigenvalue weighted by molar-refractivity contribution is 0.186. The Labute approximate surface area is 126 Å². The van der Waals surface area contributed by atoms with Gasteiger partial charge in [-0.25, -0.2) is 0 Å². The summed E-state index contributed by atoms with van der Waals surface area (Å²) in [5.74, 6) is 1.46. The van der Waals surface area contributed by atoms with E-state index in [4.69, 9.17) is 12.2 Å². The second-order valence-corrected chi connectivity index (χ2v) is 6.92. The van der Waals surface area contributed by atoms with Crippen LogP contribution in [0.3, 0.4) is 0 Å². The van der Waals surface area contributed by atoms with Crippen molar-refractivity contribution in [1.29, 1.82) is 0 Å².